The van der Waals surface area contributed by atoms with E-state index in [9.17, 15) is 18.0 Å². The van der Waals surface area contributed by atoms with E-state index < -0.39 is 16.1 Å². The fourth-order valence-corrected chi connectivity index (χ4v) is 4.80. The van der Waals surface area contributed by atoms with Crippen molar-refractivity contribution in [1.29, 1.82) is 0 Å². The SMILES string of the molecule is CCNC(=O)[C@H](CC)N(Cc1ccc(C)cc1)C(=O)CCCN(c1ccc(Cl)cc1)S(C)(=O)=O. The summed E-state index contributed by atoms with van der Waals surface area (Å²) < 4.78 is 26.0. The standard InChI is InChI=1S/C25H34ClN3O4S/c1-5-23(25(31)27-6-2)28(18-20-11-9-19(3)10-12-20)24(30)8-7-17-29(34(4,32)33)22-15-13-21(26)14-16-22/h9-16,23H,5-8,17-18H2,1-4H3,(H,27,31)/t23-/m0/s1. The number of carbonyl (C=O) groups excluding carboxylic acids is 2. The second-order valence-electron chi connectivity index (χ2n) is 8.24. The van der Waals surface area contributed by atoms with Crippen molar-refractivity contribution in [1.82, 2.24) is 10.2 Å². The molecule has 0 saturated carbocycles. The fraction of sp³-hybridized carbons (Fsp3) is 0.440. The molecule has 2 rings (SSSR count). The van der Waals surface area contributed by atoms with E-state index in [0.29, 0.717) is 36.6 Å². The van der Waals surface area contributed by atoms with E-state index in [2.05, 4.69) is 5.32 Å². The van der Waals surface area contributed by atoms with Gasteiger partial charge in [0.05, 0.1) is 11.9 Å². The predicted octanol–water partition coefficient (Wildman–Crippen LogP) is 4.14. The molecule has 0 aliphatic rings. The van der Waals surface area contributed by atoms with Crippen molar-refractivity contribution >= 4 is 39.1 Å². The highest BCUT2D eigenvalue weighted by Gasteiger charge is 2.28. The third-order valence-electron chi connectivity index (χ3n) is 5.48. The fourth-order valence-electron chi connectivity index (χ4n) is 3.71. The molecule has 2 amide bonds. The third-order valence-corrected chi connectivity index (χ3v) is 6.92. The predicted molar refractivity (Wildman–Crippen MR) is 137 cm³/mol. The normalized spacial score (nSPS) is 12.1. The maximum Gasteiger partial charge on any atom is 0.242 e. The van der Waals surface area contributed by atoms with Crippen molar-refractivity contribution in [3.05, 3.63) is 64.7 Å². The van der Waals surface area contributed by atoms with Crippen LogP contribution in [0.4, 0.5) is 5.69 Å². The van der Waals surface area contributed by atoms with E-state index in [1.165, 1.54) is 4.31 Å². The molecule has 186 valence electrons. The summed E-state index contributed by atoms with van der Waals surface area (Å²) in [4.78, 5) is 27.6. The first-order valence-electron chi connectivity index (χ1n) is 11.4. The number of hydrogen-bond acceptors (Lipinski definition) is 4. The summed E-state index contributed by atoms with van der Waals surface area (Å²) in [5, 5.41) is 3.33. The summed E-state index contributed by atoms with van der Waals surface area (Å²) in [5.41, 5.74) is 2.53. The molecule has 1 N–H and O–H groups in total. The van der Waals surface area contributed by atoms with Gasteiger partial charge in [-0.05, 0) is 56.5 Å². The molecule has 9 heteroatoms. The molecule has 0 unspecified atom stereocenters. The van der Waals surface area contributed by atoms with Gasteiger partial charge in [0.25, 0.3) is 0 Å². The molecule has 2 aromatic carbocycles. The number of sulfonamides is 1. The number of rotatable bonds is 12. The van der Waals surface area contributed by atoms with Gasteiger partial charge < -0.3 is 10.2 Å². The molecule has 0 aliphatic heterocycles. The topological polar surface area (TPSA) is 86.8 Å². The highest BCUT2D eigenvalue weighted by Crippen LogP contribution is 2.22. The highest BCUT2D eigenvalue weighted by molar-refractivity contribution is 7.92. The maximum atomic E-state index is 13.3. The minimum atomic E-state index is -3.54. The van der Waals surface area contributed by atoms with Gasteiger partial charge in [0.1, 0.15) is 6.04 Å². The summed E-state index contributed by atoms with van der Waals surface area (Å²) in [7, 11) is -3.54. The van der Waals surface area contributed by atoms with Crippen LogP contribution in [0.3, 0.4) is 0 Å². The van der Waals surface area contributed by atoms with Crippen LogP contribution in [0.5, 0.6) is 0 Å². The van der Waals surface area contributed by atoms with Gasteiger partial charge in [-0.25, -0.2) is 8.42 Å². The summed E-state index contributed by atoms with van der Waals surface area (Å²) in [6, 6.07) is 13.8. The van der Waals surface area contributed by atoms with Crippen molar-refractivity contribution in [3.63, 3.8) is 0 Å². The molecule has 34 heavy (non-hydrogen) atoms. The Morgan fingerprint density at radius 1 is 1.03 bits per heavy atom. The second-order valence-corrected chi connectivity index (χ2v) is 10.6. The molecule has 0 fully saturated rings. The van der Waals surface area contributed by atoms with Gasteiger partial charge in [-0.1, -0.05) is 48.4 Å². The zero-order valence-corrected chi connectivity index (χ0v) is 21.8. The van der Waals surface area contributed by atoms with Gasteiger partial charge in [0.15, 0.2) is 0 Å². The Labute approximate surface area is 208 Å². The van der Waals surface area contributed by atoms with Gasteiger partial charge in [-0.15, -0.1) is 0 Å². The molecule has 0 spiro atoms. The lowest BCUT2D eigenvalue weighted by Gasteiger charge is -2.31. The van der Waals surface area contributed by atoms with Crippen molar-refractivity contribution in [2.45, 2.75) is 52.6 Å². The first-order valence-corrected chi connectivity index (χ1v) is 13.7. The number of likely N-dealkylation sites (N-methyl/N-ethyl adjacent to an activating group) is 1. The van der Waals surface area contributed by atoms with Gasteiger partial charge >= 0.3 is 0 Å². The minimum Gasteiger partial charge on any atom is -0.355 e. The molecule has 0 radical (unpaired) electrons. The molecule has 1 atom stereocenters. The second kappa shape index (κ2) is 12.8. The molecule has 0 saturated heterocycles. The van der Waals surface area contributed by atoms with E-state index >= 15 is 0 Å². The Hall–Kier alpha value is -2.58. The zero-order chi connectivity index (χ0) is 25.3. The minimum absolute atomic E-state index is 0.112. The number of benzene rings is 2. The summed E-state index contributed by atoms with van der Waals surface area (Å²) in [5.74, 6) is -0.382. The largest absolute Gasteiger partial charge is 0.355 e. The quantitative estimate of drug-likeness (QED) is 0.467. The van der Waals surface area contributed by atoms with Crippen LogP contribution >= 0.6 is 11.6 Å². The molecule has 0 heterocycles. The smallest absolute Gasteiger partial charge is 0.242 e. The Morgan fingerprint density at radius 3 is 2.18 bits per heavy atom. The van der Waals surface area contributed by atoms with E-state index in [1.54, 1.807) is 29.2 Å². The molecule has 7 nitrogen and oxygen atoms in total. The van der Waals surface area contributed by atoms with Crippen molar-refractivity contribution in [2.75, 3.05) is 23.7 Å². The highest BCUT2D eigenvalue weighted by atomic mass is 35.5. The number of halogens is 1. The molecular formula is C25H34ClN3O4S. The molecule has 0 bridgehead atoms. The lowest BCUT2D eigenvalue weighted by Crippen LogP contribution is -2.49. The van der Waals surface area contributed by atoms with Gasteiger partial charge in [0, 0.05) is 31.1 Å². The molecule has 0 aromatic heterocycles. The lowest BCUT2D eigenvalue weighted by molar-refractivity contribution is -0.141. The number of amides is 2. The lowest BCUT2D eigenvalue weighted by atomic mass is 10.1. The van der Waals surface area contributed by atoms with Gasteiger partial charge in [0.2, 0.25) is 21.8 Å². The molecular weight excluding hydrogens is 474 g/mol. The number of aryl methyl sites for hydroxylation is 1. The third kappa shape index (κ3) is 8.02. The first-order chi connectivity index (χ1) is 16.1. The zero-order valence-electron chi connectivity index (χ0n) is 20.3. The monoisotopic (exact) mass is 507 g/mol. The van der Waals surface area contributed by atoms with Gasteiger partial charge in [-0.3, -0.25) is 13.9 Å². The Morgan fingerprint density at radius 2 is 1.65 bits per heavy atom. The van der Waals surface area contributed by atoms with Crippen LogP contribution in [0.15, 0.2) is 48.5 Å². The van der Waals surface area contributed by atoms with Crippen molar-refractivity contribution in [3.8, 4) is 0 Å². The van der Waals surface area contributed by atoms with Crippen LogP contribution in [0.1, 0.15) is 44.2 Å². The van der Waals surface area contributed by atoms with E-state index in [4.69, 9.17) is 11.6 Å². The van der Waals surface area contributed by atoms with Crippen LogP contribution in [0, 0.1) is 6.92 Å². The maximum absolute atomic E-state index is 13.3. The van der Waals surface area contributed by atoms with E-state index in [-0.39, 0.29) is 24.8 Å². The van der Waals surface area contributed by atoms with Crippen molar-refractivity contribution < 1.29 is 18.0 Å². The van der Waals surface area contributed by atoms with Gasteiger partial charge in [-0.2, -0.15) is 0 Å². The van der Waals surface area contributed by atoms with E-state index in [0.717, 1.165) is 17.4 Å². The summed E-state index contributed by atoms with van der Waals surface area (Å²) in [6.45, 7) is 6.63. The average Bonchev–Trinajstić information content (AvgIpc) is 2.78. The van der Waals surface area contributed by atoms with Crippen LogP contribution in [-0.2, 0) is 26.2 Å². The number of carbonyl (C=O) groups is 2. The summed E-state index contributed by atoms with van der Waals surface area (Å²) in [6.07, 6.45) is 2.03. The first kappa shape index (κ1) is 27.7. The Kier molecular flexibility index (Phi) is 10.4. The number of nitrogens with zero attached hydrogens (tertiary/aromatic N) is 2. The van der Waals surface area contributed by atoms with Crippen LogP contribution in [0.2, 0.25) is 5.02 Å². The van der Waals surface area contributed by atoms with Crippen molar-refractivity contribution in [2.24, 2.45) is 0 Å². The number of nitrogens with one attached hydrogen (secondary N) is 1. The van der Waals surface area contributed by atoms with Crippen LogP contribution in [0.25, 0.3) is 0 Å². The number of hydrogen-bond donors (Lipinski definition) is 1. The van der Waals surface area contributed by atoms with Crippen LogP contribution < -0.4 is 9.62 Å². The molecule has 2 aromatic rings. The van der Waals surface area contributed by atoms with E-state index in [1.807, 2.05) is 45.0 Å². The average molecular weight is 508 g/mol. The Bertz CT molecular complexity index is 1060. The van der Waals surface area contributed by atoms with Crippen LogP contribution in [-0.4, -0.2) is 50.5 Å². The number of anilines is 1. The summed E-state index contributed by atoms with van der Waals surface area (Å²) >= 11 is 5.93. The Balaban J connectivity index is 2.18. The molecule has 0 aliphatic carbocycles.